The van der Waals surface area contributed by atoms with Gasteiger partial charge in [-0.2, -0.15) is 0 Å². The van der Waals surface area contributed by atoms with Crippen molar-refractivity contribution in [2.24, 2.45) is 0 Å². The number of hydrogen-bond donors (Lipinski definition) is 1. The molecule has 0 aliphatic carbocycles. The predicted octanol–water partition coefficient (Wildman–Crippen LogP) is 2.35. The molecule has 0 radical (unpaired) electrons. The molecule has 16 heavy (non-hydrogen) atoms. The minimum atomic E-state index is 0.283. The number of ether oxygens (including phenoxy) is 2. The van der Waals surface area contributed by atoms with E-state index in [9.17, 15) is 0 Å². The van der Waals surface area contributed by atoms with Gasteiger partial charge in [0, 0.05) is 19.8 Å². The average molecular weight is 229 g/mol. The molecule has 1 heterocycles. The van der Waals surface area contributed by atoms with Crippen molar-refractivity contribution in [3.63, 3.8) is 0 Å². The predicted molar refractivity (Wildman–Crippen MR) is 66.8 cm³/mol. The maximum absolute atomic E-state index is 5.70. The molecule has 0 saturated carbocycles. The molecule has 3 nitrogen and oxygen atoms in total. The van der Waals surface area contributed by atoms with E-state index >= 15 is 0 Å². The third-order valence-electron chi connectivity index (χ3n) is 3.52. The van der Waals surface area contributed by atoms with Crippen LogP contribution in [0.1, 0.15) is 46.0 Å². The Kier molecular flexibility index (Phi) is 7.01. The Morgan fingerprint density at radius 2 is 2.19 bits per heavy atom. The van der Waals surface area contributed by atoms with Gasteiger partial charge in [0.05, 0.1) is 12.2 Å². The van der Waals surface area contributed by atoms with Gasteiger partial charge in [0.25, 0.3) is 0 Å². The van der Waals surface area contributed by atoms with Crippen LogP contribution in [0, 0.1) is 0 Å². The van der Waals surface area contributed by atoms with Crippen LogP contribution in [0.2, 0.25) is 0 Å². The van der Waals surface area contributed by atoms with Crippen molar-refractivity contribution < 1.29 is 9.47 Å². The number of hydrogen-bond acceptors (Lipinski definition) is 3. The van der Waals surface area contributed by atoms with E-state index in [1.54, 1.807) is 7.11 Å². The third kappa shape index (κ3) is 5.28. The van der Waals surface area contributed by atoms with E-state index in [0.29, 0.717) is 12.1 Å². The van der Waals surface area contributed by atoms with Gasteiger partial charge >= 0.3 is 0 Å². The largest absolute Gasteiger partial charge is 0.380 e. The molecule has 1 aliphatic heterocycles. The highest BCUT2D eigenvalue weighted by atomic mass is 16.5. The smallest absolute Gasteiger partial charge is 0.0693 e. The van der Waals surface area contributed by atoms with Crippen LogP contribution < -0.4 is 5.32 Å². The van der Waals surface area contributed by atoms with Crippen molar-refractivity contribution >= 4 is 0 Å². The molecule has 1 aliphatic rings. The molecule has 0 bridgehead atoms. The second kappa shape index (κ2) is 8.04. The van der Waals surface area contributed by atoms with Gasteiger partial charge < -0.3 is 14.8 Å². The van der Waals surface area contributed by atoms with Crippen molar-refractivity contribution in [3.05, 3.63) is 0 Å². The fraction of sp³-hybridized carbons (Fsp3) is 1.00. The highest BCUT2D eigenvalue weighted by Gasteiger charge is 2.14. The van der Waals surface area contributed by atoms with Crippen LogP contribution in [0.4, 0.5) is 0 Å². The Hall–Kier alpha value is -0.120. The molecule has 1 N–H and O–H groups in total. The fourth-order valence-electron chi connectivity index (χ4n) is 2.06. The first-order chi connectivity index (χ1) is 7.74. The second-order valence-corrected chi connectivity index (χ2v) is 4.81. The van der Waals surface area contributed by atoms with Crippen molar-refractivity contribution in [2.75, 3.05) is 20.3 Å². The molecule has 3 unspecified atom stereocenters. The van der Waals surface area contributed by atoms with Gasteiger partial charge in [0.1, 0.15) is 0 Å². The van der Waals surface area contributed by atoms with E-state index in [0.717, 1.165) is 13.2 Å². The summed E-state index contributed by atoms with van der Waals surface area (Å²) in [4.78, 5) is 0. The lowest BCUT2D eigenvalue weighted by molar-refractivity contribution is 0.00981. The van der Waals surface area contributed by atoms with Gasteiger partial charge in [0.2, 0.25) is 0 Å². The molecule has 1 saturated heterocycles. The molecule has 96 valence electrons. The van der Waals surface area contributed by atoms with Crippen molar-refractivity contribution in [1.29, 1.82) is 0 Å². The Morgan fingerprint density at radius 1 is 1.38 bits per heavy atom. The Bertz CT molecular complexity index is 165. The third-order valence-corrected chi connectivity index (χ3v) is 3.52. The standard InChI is InChI=1S/C13H27NO2/c1-11(12(2)15-3)14-9-6-8-13-7-4-5-10-16-13/h11-14H,4-10H2,1-3H3. The highest BCUT2D eigenvalue weighted by Crippen LogP contribution is 2.16. The molecule has 0 spiro atoms. The molecular formula is C13H27NO2. The normalized spacial score (nSPS) is 25.3. The van der Waals surface area contributed by atoms with E-state index in [4.69, 9.17) is 9.47 Å². The Labute approximate surface area is 99.9 Å². The summed E-state index contributed by atoms with van der Waals surface area (Å²) in [6.45, 7) is 6.30. The lowest BCUT2D eigenvalue weighted by atomic mass is 10.0. The van der Waals surface area contributed by atoms with Crippen molar-refractivity contribution in [2.45, 2.75) is 64.2 Å². The van der Waals surface area contributed by atoms with Gasteiger partial charge in [-0.1, -0.05) is 0 Å². The summed E-state index contributed by atoms with van der Waals surface area (Å²) in [6.07, 6.45) is 7.04. The van der Waals surface area contributed by atoms with Gasteiger partial charge in [-0.25, -0.2) is 0 Å². The van der Waals surface area contributed by atoms with Crippen LogP contribution in [-0.2, 0) is 9.47 Å². The van der Waals surface area contributed by atoms with Crippen LogP contribution in [-0.4, -0.2) is 38.5 Å². The topological polar surface area (TPSA) is 30.5 Å². The van der Waals surface area contributed by atoms with Gasteiger partial charge in [-0.05, 0) is 52.5 Å². The molecule has 1 rings (SSSR count). The first-order valence-corrected chi connectivity index (χ1v) is 6.62. The molecule has 1 fully saturated rings. The zero-order valence-electron chi connectivity index (χ0n) is 11.0. The van der Waals surface area contributed by atoms with Crippen LogP contribution in [0.15, 0.2) is 0 Å². The first kappa shape index (κ1) is 13.9. The van der Waals surface area contributed by atoms with Gasteiger partial charge in [0.15, 0.2) is 0 Å². The molecule has 3 atom stereocenters. The molecule has 0 amide bonds. The Balaban J connectivity index is 1.98. The molecular weight excluding hydrogens is 202 g/mol. The summed E-state index contributed by atoms with van der Waals surface area (Å²) >= 11 is 0. The summed E-state index contributed by atoms with van der Waals surface area (Å²) in [5.74, 6) is 0. The van der Waals surface area contributed by atoms with Gasteiger partial charge in [-0.3, -0.25) is 0 Å². The second-order valence-electron chi connectivity index (χ2n) is 4.81. The van der Waals surface area contributed by atoms with E-state index in [1.165, 1.54) is 32.1 Å². The molecule has 3 heteroatoms. The zero-order chi connectivity index (χ0) is 11.8. The van der Waals surface area contributed by atoms with Crippen LogP contribution in [0.25, 0.3) is 0 Å². The monoisotopic (exact) mass is 229 g/mol. The number of methoxy groups -OCH3 is 1. The number of rotatable bonds is 7. The minimum Gasteiger partial charge on any atom is -0.380 e. The minimum absolute atomic E-state index is 0.283. The zero-order valence-corrected chi connectivity index (χ0v) is 11.0. The maximum atomic E-state index is 5.70. The van der Waals surface area contributed by atoms with E-state index in [1.807, 2.05) is 0 Å². The lowest BCUT2D eigenvalue weighted by Gasteiger charge is -2.23. The van der Waals surface area contributed by atoms with Crippen LogP contribution in [0.3, 0.4) is 0 Å². The molecule has 0 aromatic heterocycles. The SMILES string of the molecule is COC(C)C(C)NCCCC1CCCCO1. The van der Waals surface area contributed by atoms with Gasteiger partial charge in [-0.15, -0.1) is 0 Å². The quantitative estimate of drug-likeness (QED) is 0.680. The van der Waals surface area contributed by atoms with E-state index < -0.39 is 0 Å². The molecule has 0 aromatic carbocycles. The number of nitrogens with one attached hydrogen (secondary N) is 1. The van der Waals surface area contributed by atoms with E-state index in [2.05, 4.69) is 19.2 Å². The maximum Gasteiger partial charge on any atom is 0.0693 e. The van der Waals surface area contributed by atoms with E-state index in [-0.39, 0.29) is 6.10 Å². The summed E-state index contributed by atoms with van der Waals surface area (Å²) in [5, 5.41) is 3.49. The summed E-state index contributed by atoms with van der Waals surface area (Å²) in [7, 11) is 1.76. The Morgan fingerprint density at radius 3 is 2.81 bits per heavy atom. The summed E-state index contributed by atoms with van der Waals surface area (Å²) in [5.41, 5.74) is 0. The van der Waals surface area contributed by atoms with Crippen LogP contribution >= 0.6 is 0 Å². The average Bonchev–Trinajstić information content (AvgIpc) is 2.34. The summed E-state index contributed by atoms with van der Waals surface area (Å²) in [6, 6.07) is 0.428. The van der Waals surface area contributed by atoms with Crippen LogP contribution in [0.5, 0.6) is 0 Å². The molecule has 0 aromatic rings. The fourth-order valence-corrected chi connectivity index (χ4v) is 2.06. The lowest BCUT2D eigenvalue weighted by Crippen LogP contribution is -2.37. The van der Waals surface area contributed by atoms with Crippen molar-refractivity contribution in [1.82, 2.24) is 5.32 Å². The van der Waals surface area contributed by atoms with Crippen molar-refractivity contribution in [3.8, 4) is 0 Å². The summed E-state index contributed by atoms with van der Waals surface area (Å²) < 4.78 is 11.0. The first-order valence-electron chi connectivity index (χ1n) is 6.62. The highest BCUT2D eigenvalue weighted by molar-refractivity contribution is 4.69.